The highest BCUT2D eigenvalue weighted by Crippen LogP contribution is 2.17. The summed E-state index contributed by atoms with van der Waals surface area (Å²) in [5.41, 5.74) is 2.37. The number of rotatable bonds is 4. The molecule has 0 bridgehead atoms. The fraction of sp³-hybridized carbons (Fsp3) is 0.312. The maximum Gasteiger partial charge on any atom is 0.267 e. The first kappa shape index (κ1) is 14.8. The highest BCUT2D eigenvalue weighted by molar-refractivity contribution is 6.33. The summed E-state index contributed by atoms with van der Waals surface area (Å²) in [5, 5.41) is 7.54. The number of aromatic nitrogens is 2. The summed E-state index contributed by atoms with van der Waals surface area (Å²) in [6.07, 6.45) is 2.90. The molecule has 1 N–H and O–H groups in total. The molecule has 0 unspecified atom stereocenters. The van der Waals surface area contributed by atoms with E-state index in [1.54, 1.807) is 30.3 Å². The second kappa shape index (κ2) is 6.32. The zero-order valence-electron chi connectivity index (χ0n) is 12.0. The summed E-state index contributed by atoms with van der Waals surface area (Å²) in [6.45, 7) is 0.679. The molecule has 1 aliphatic carbocycles. The zero-order valence-corrected chi connectivity index (χ0v) is 12.8. The number of carbonyl (C=O) groups excluding carboxylic acids is 1. The molecule has 5 nitrogen and oxygen atoms in total. The Morgan fingerprint density at radius 3 is 2.95 bits per heavy atom. The largest absolute Gasteiger partial charge is 0.350 e. The van der Waals surface area contributed by atoms with Crippen LogP contribution in [0.15, 0.2) is 35.1 Å². The predicted molar refractivity (Wildman–Crippen MR) is 84.3 cm³/mol. The molecule has 1 aliphatic rings. The van der Waals surface area contributed by atoms with Crippen LogP contribution < -0.4 is 10.9 Å². The van der Waals surface area contributed by atoms with Gasteiger partial charge in [0.05, 0.1) is 22.8 Å². The summed E-state index contributed by atoms with van der Waals surface area (Å²) in [7, 11) is 0. The molecule has 114 valence electrons. The normalized spacial score (nSPS) is 13.0. The van der Waals surface area contributed by atoms with Crippen molar-refractivity contribution in [1.82, 2.24) is 15.1 Å². The van der Waals surface area contributed by atoms with Gasteiger partial charge >= 0.3 is 0 Å². The average molecular weight is 318 g/mol. The quantitative estimate of drug-likeness (QED) is 0.935. The summed E-state index contributed by atoms with van der Waals surface area (Å²) in [5.74, 6) is -0.250. The van der Waals surface area contributed by atoms with Gasteiger partial charge in [-0.2, -0.15) is 5.10 Å². The van der Waals surface area contributed by atoms with Crippen molar-refractivity contribution in [1.29, 1.82) is 0 Å². The molecule has 3 rings (SSSR count). The zero-order chi connectivity index (χ0) is 15.5. The molecule has 1 heterocycles. The minimum absolute atomic E-state index is 0.118. The maximum atomic E-state index is 12.0. The highest BCUT2D eigenvalue weighted by Gasteiger charge is 2.15. The molecule has 1 amide bonds. The van der Waals surface area contributed by atoms with Crippen molar-refractivity contribution in [3.63, 3.8) is 0 Å². The van der Waals surface area contributed by atoms with E-state index in [-0.39, 0.29) is 11.5 Å². The number of carbonyl (C=O) groups is 1. The van der Waals surface area contributed by atoms with Crippen molar-refractivity contribution in [2.24, 2.45) is 0 Å². The van der Waals surface area contributed by atoms with Gasteiger partial charge in [-0.1, -0.05) is 23.7 Å². The SMILES string of the molecule is O=C(NCCn1nc2c(cc1=O)CCC2)c1ccccc1Cl. The number of fused-ring (bicyclic) bond motifs is 1. The van der Waals surface area contributed by atoms with E-state index < -0.39 is 0 Å². The van der Waals surface area contributed by atoms with Gasteiger partial charge in [-0.3, -0.25) is 9.59 Å². The van der Waals surface area contributed by atoms with Crippen molar-refractivity contribution in [3.8, 4) is 0 Å². The Balaban J connectivity index is 1.63. The lowest BCUT2D eigenvalue weighted by Gasteiger charge is -2.09. The standard InChI is InChI=1S/C16H16ClN3O2/c17-13-6-2-1-5-12(13)16(22)18-8-9-20-15(21)10-11-4-3-7-14(11)19-20/h1-2,5-6,10H,3-4,7-9H2,(H,18,22). The number of nitrogens with zero attached hydrogens (tertiary/aromatic N) is 2. The van der Waals surface area contributed by atoms with Gasteiger partial charge in [-0.25, -0.2) is 4.68 Å². The van der Waals surface area contributed by atoms with Crippen LogP contribution in [0.25, 0.3) is 0 Å². The van der Waals surface area contributed by atoms with Gasteiger partial charge in [-0.05, 0) is 37.0 Å². The van der Waals surface area contributed by atoms with Crippen molar-refractivity contribution in [3.05, 3.63) is 62.5 Å². The second-order valence-electron chi connectivity index (χ2n) is 5.27. The average Bonchev–Trinajstić information content (AvgIpc) is 2.94. The van der Waals surface area contributed by atoms with Crippen molar-refractivity contribution in [2.75, 3.05) is 6.54 Å². The van der Waals surface area contributed by atoms with E-state index in [1.807, 2.05) is 0 Å². The monoisotopic (exact) mass is 317 g/mol. The van der Waals surface area contributed by atoms with E-state index >= 15 is 0 Å². The molecule has 22 heavy (non-hydrogen) atoms. The van der Waals surface area contributed by atoms with E-state index in [0.717, 1.165) is 30.5 Å². The second-order valence-corrected chi connectivity index (χ2v) is 5.67. The predicted octanol–water partition coefficient (Wildman–Crippen LogP) is 1.82. The first-order valence-corrected chi connectivity index (χ1v) is 7.65. The topological polar surface area (TPSA) is 64.0 Å². The molecule has 1 aromatic heterocycles. The molecule has 0 spiro atoms. The number of benzene rings is 1. The van der Waals surface area contributed by atoms with Gasteiger partial charge in [0.15, 0.2) is 0 Å². The number of amides is 1. The van der Waals surface area contributed by atoms with Crippen LogP contribution in [-0.2, 0) is 19.4 Å². The first-order valence-electron chi connectivity index (χ1n) is 7.28. The molecule has 0 saturated heterocycles. The summed E-state index contributed by atoms with van der Waals surface area (Å²) in [6, 6.07) is 8.52. The Morgan fingerprint density at radius 1 is 1.32 bits per heavy atom. The Bertz CT molecular complexity index is 770. The Kier molecular flexibility index (Phi) is 4.24. The van der Waals surface area contributed by atoms with Crippen LogP contribution in [0.5, 0.6) is 0 Å². The third-order valence-corrected chi connectivity index (χ3v) is 4.08. The van der Waals surface area contributed by atoms with E-state index in [2.05, 4.69) is 10.4 Å². The third-order valence-electron chi connectivity index (χ3n) is 3.75. The van der Waals surface area contributed by atoms with Gasteiger partial charge in [0, 0.05) is 12.6 Å². The number of nitrogens with one attached hydrogen (secondary N) is 1. The van der Waals surface area contributed by atoms with E-state index in [0.29, 0.717) is 23.7 Å². The van der Waals surface area contributed by atoms with E-state index in [4.69, 9.17) is 11.6 Å². The molecule has 6 heteroatoms. The van der Waals surface area contributed by atoms with E-state index in [9.17, 15) is 9.59 Å². The lowest BCUT2D eigenvalue weighted by molar-refractivity contribution is 0.0952. The molecule has 1 aromatic carbocycles. The van der Waals surface area contributed by atoms with Crippen LogP contribution in [0.2, 0.25) is 5.02 Å². The lowest BCUT2D eigenvalue weighted by Crippen LogP contribution is -2.32. The Morgan fingerprint density at radius 2 is 2.14 bits per heavy atom. The molecule has 0 radical (unpaired) electrons. The molecular weight excluding hydrogens is 302 g/mol. The smallest absolute Gasteiger partial charge is 0.267 e. The van der Waals surface area contributed by atoms with Gasteiger partial charge in [0.25, 0.3) is 11.5 Å². The Labute approximate surface area is 132 Å². The minimum atomic E-state index is -0.250. The van der Waals surface area contributed by atoms with Crippen LogP contribution in [0, 0.1) is 0 Å². The number of hydrogen-bond acceptors (Lipinski definition) is 3. The molecule has 2 aromatic rings. The number of halogens is 1. The van der Waals surface area contributed by atoms with Crippen LogP contribution in [0.4, 0.5) is 0 Å². The number of hydrogen-bond donors (Lipinski definition) is 1. The minimum Gasteiger partial charge on any atom is -0.350 e. The molecular formula is C16H16ClN3O2. The molecule has 0 fully saturated rings. The fourth-order valence-electron chi connectivity index (χ4n) is 2.62. The first-order chi connectivity index (χ1) is 10.6. The van der Waals surface area contributed by atoms with Gasteiger partial charge in [0.2, 0.25) is 0 Å². The van der Waals surface area contributed by atoms with Gasteiger partial charge in [0.1, 0.15) is 0 Å². The van der Waals surface area contributed by atoms with Crippen LogP contribution in [0.3, 0.4) is 0 Å². The summed E-state index contributed by atoms with van der Waals surface area (Å²) in [4.78, 5) is 24.0. The molecule has 0 saturated carbocycles. The van der Waals surface area contributed by atoms with Crippen LogP contribution in [-0.4, -0.2) is 22.2 Å². The van der Waals surface area contributed by atoms with Crippen molar-refractivity contribution >= 4 is 17.5 Å². The third kappa shape index (κ3) is 3.04. The Hall–Kier alpha value is -2.14. The van der Waals surface area contributed by atoms with Crippen LogP contribution >= 0.6 is 11.6 Å². The number of aryl methyl sites for hydroxylation is 2. The summed E-state index contributed by atoms with van der Waals surface area (Å²) >= 11 is 5.98. The van der Waals surface area contributed by atoms with E-state index in [1.165, 1.54) is 4.68 Å². The van der Waals surface area contributed by atoms with Crippen molar-refractivity contribution in [2.45, 2.75) is 25.8 Å². The highest BCUT2D eigenvalue weighted by atomic mass is 35.5. The maximum absolute atomic E-state index is 12.0. The van der Waals surface area contributed by atoms with Gasteiger partial charge < -0.3 is 5.32 Å². The molecule has 0 aliphatic heterocycles. The van der Waals surface area contributed by atoms with Gasteiger partial charge in [-0.15, -0.1) is 0 Å². The molecule has 0 atom stereocenters. The lowest BCUT2D eigenvalue weighted by atomic mass is 10.2. The van der Waals surface area contributed by atoms with Crippen LogP contribution in [0.1, 0.15) is 28.0 Å². The van der Waals surface area contributed by atoms with Crippen molar-refractivity contribution < 1.29 is 4.79 Å². The summed E-state index contributed by atoms with van der Waals surface area (Å²) < 4.78 is 1.41. The fourth-order valence-corrected chi connectivity index (χ4v) is 2.84.